The molecular formula is C80H156O17P2. The van der Waals surface area contributed by atoms with E-state index in [1.165, 1.54) is 238 Å². The van der Waals surface area contributed by atoms with Crippen molar-refractivity contribution in [3.8, 4) is 0 Å². The summed E-state index contributed by atoms with van der Waals surface area (Å²) in [7, 11) is -9.92. The van der Waals surface area contributed by atoms with Gasteiger partial charge < -0.3 is 33.8 Å². The fourth-order valence-corrected chi connectivity index (χ4v) is 13.9. The molecule has 99 heavy (non-hydrogen) atoms. The van der Waals surface area contributed by atoms with Crippen molar-refractivity contribution >= 4 is 39.5 Å². The van der Waals surface area contributed by atoms with Crippen LogP contribution in [0.25, 0.3) is 0 Å². The third kappa shape index (κ3) is 74.1. The van der Waals surface area contributed by atoms with Crippen molar-refractivity contribution in [1.29, 1.82) is 0 Å². The van der Waals surface area contributed by atoms with Crippen LogP contribution in [-0.2, 0) is 65.4 Å². The molecule has 588 valence electrons. The number of aliphatic hydroxyl groups excluding tert-OH is 1. The molecule has 19 heteroatoms. The highest BCUT2D eigenvalue weighted by Crippen LogP contribution is 2.45. The number of hydrogen-bond donors (Lipinski definition) is 3. The van der Waals surface area contributed by atoms with Gasteiger partial charge in [-0.15, -0.1) is 0 Å². The lowest BCUT2D eigenvalue weighted by atomic mass is 10.0. The average Bonchev–Trinajstić information content (AvgIpc) is 1.20. The number of phosphoric ester groups is 2. The predicted molar refractivity (Wildman–Crippen MR) is 405 cm³/mol. The molecule has 0 saturated carbocycles. The molecule has 0 aliphatic heterocycles. The predicted octanol–water partition coefficient (Wildman–Crippen LogP) is 23.9. The summed E-state index contributed by atoms with van der Waals surface area (Å²) in [4.78, 5) is 73.0. The van der Waals surface area contributed by atoms with Crippen LogP contribution in [-0.4, -0.2) is 96.7 Å². The lowest BCUT2D eigenvalue weighted by Crippen LogP contribution is -2.30. The molecule has 0 aromatic carbocycles. The molecule has 0 amide bonds. The van der Waals surface area contributed by atoms with Crippen molar-refractivity contribution in [2.24, 2.45) is 11.8 Å². The standard InChI is InChI=1S/C80H156O17P2/c1-7-9-11-13-15-17-19-21-22-23-25-34-40-46-52-58-64-79(84)96-75(69-91-78(83)63-57-51-45-39-33-28-26-30-36-42-48-54-60-72(3)4)70-94-98(86,87)92-66-74(81)67-93-99(88,89)95-71-76(68-90-77(82)62-56-50-44-38-32-24-20-18-16-14-12-10-8-2)97-80(85)65-59-53-47-41-35-29-27-31-37-43-49-55-61-73(5)6/h72-76,81H,7-71H2,1-6H3,(H,86,87)(H,88,89)/t74-,75-,76-/m1/s1. The van der Waals surface area contributed by atoms with E-state index in [9.17, 15) is 43.2 Å². The summed E-state index contributed by atoms with van der Waals surface area (Å²) in [6.07, 6.45) is 60.8. The highest BCUT2D eigenvalue weighted by Gasteiger charge is 2.30. The van der Waals surface area contributed by atoms with E-state index in [2.05, 4.69) is 41.5 Å². The fourth-order valence-electron chi connectivity index (χ4n) is 12.4. The number of rotatable bonds is 79. The number of carbonyl (C=O) groups is 4. The first-order valence-electron chi connectivity index (χ1n) is 41.5. The second-order valence-corrected chi connectivity index (χ2v) is 32.7. The van der Waals surface area contributed by atoms with Gasteiger partial charge in [0.05, 0.1) is 26.4 Å². The number of hydrogen-bond acceptors (Lipinski definition) is 15. The van der Waals surface area contributed by atoms with Gasteiger partial charge in [0.2, 0.25) is 0 Å². The molecule has 0 saturated heterocycles. The summed E-state index contributed by atoms with van der Waals surface area (Å²) >= 11 is 0. The zero-order valence-corrected chi connectivity index (χ0v) is 66.6. The van der Waals surface area contributed by atoms with Gasteiger partial charge in [0.1, 0.15) is 19.3 Å². The summed E-state index contributed by atoms with van der Waals surface area (Å²) in [5.41, 5.74) is 0. The van der Waals surface area contributed by atoms with Gasteiger partial charge >= 0.3 is 39.5 Å². The molecule has 2 unspecified atom stereocenters. The van der Waals surface area contributed by atoms with Gasteiger partial charge in [0, 0.05) is 25.7 Å². The molecular weight excluding hydrogens is 1290 g/mol. The largest absolute Gasteiger partial charge is 0.472 e. The number of esters is 4. The van der Waals surface area contributed by atoms with Crippen molar-refractivity contribution < 1.29 is 80.2 Å². The summed E-state index contributed by atoms with van der Waals surface area (Å²) in [6, 6.07) is 0. The highest BCUT2D eigenvalue weighted by atomic mass is 31.2. The summed E-state index contributed by atoms with van der Waals surface area (Å²) < 4.78 is 68.7. The Hall–Kier alpha value is -1.94. The van der Waals surface area contributed by atoms with E-state index < -0.39 is 97.5 Å². The molecule has 0 heterocycles. The molecule has 0 aromatic heterocycles. The van der Waals surface area contributed by atoms with Crippen LogP contribution in [0.15, 0.2) is 0 Å². The van der Waals surface area contributed by atoms with Crippen LogP contribution >= 0.6 is 15.6 Å². The fraction of sp³-hybridized carbons (Fsp3) is 0.950. The highest BCUT2D eigenvalue weighted by molar-refractivity contribution is 7.47. The van der Waals surface area contributed by atoms with E-state index in [-0.39, 0.29) is 25.7 Å². The van der Waals surface area contributed by atoms with E-state index in [0.717, 1.165) is 102 Å². The Labute approximate surface area is 607 Å². The molecule has 0 rings (SSSR count). The SMILES string of the molecule is CCCCCCCCCCCCCCCCCCC(=O)O[C@H](COC(=O)CCCCCCCCCCCCCCC(C)C)COP(=O)(O)OC[C@@H](O)COP(=O)(O)OC[C@@H](COC(=O)CCCCCCCCCCCCCCC)OC(=O)CCCCCCCCCCCCCCC(C)C. The lowest BCUT2D eigenvalue weighted by molar-refractivity contribution is -0.161. The monoisotopic (exact) mass is 1450 g/mol. The van der Waals surface area contributed by atoms with Crippen LogP contribution in [0, 0.1) is 11.8 Å². The average molecular weight is 1450 g/mol. The minimum Gasteiger partial charge on any atom is -0.462 e. The molecule has 0 fully saturated rings. The first-order valence-corrected chi connectivity index (χ1v) is 44.5. The zero-order chi connectivity index (χ0) is 72.8. The van der Waals surface area contributed by atoms with Crippen molar-refractivity contribution in [3.05, 3.63) is 0 Å². The topological polar surface area (TPSA) is 237 Å². The molecule has 0 bridgehead atoms. The van der Waals surface area contributed by atoms with E-state index in [1.54, 1.807) is 0 Å². The van der Waals surface area contributed by atoms with Gasteiger partial charge in [0.25, 0.3) is 0 Å². The van der Waals surface area contributed by atoms with Crippen LogP contribution in [0.3, 0.4) is 0 Å². The molecule has 17 nitrogen and oxygen atoms in total. The van der Waals surface area contributed by atoms with Crippen LogP contribution in [0.2, 0.25) is 0 Å². The third-order valence-corrected chi connectivity index (χ3v) is 20.6. The minimum absolute atomic E-state index is 0.107. The van der Waals surface area contributed by atoms with Crippen LogP contribution in [0.1, 0.15) is 420 Å². The Morgan fingerprint density at radius 3 is 0.687 bits per heavy atom. The van der Waals surface area contributed by atoms with Gasteiger partial charge in [-0.2, -0.15) is 0 Å². The number of aliphatic hydroxyl groups is 1. The van der Waals surface area contributed by atoms with Gasteiger partial charge in [0.15, 0.2) is 12.2 Å². The molecule has 0 spiro atoms. The molecule has 0 aromatic rings. The van der Waals surface area contributed by atoms with E-state index >= 15 is 0 Å². The normalized spacial score (nSPS) is 13.9. The number of carbonyl (C=O) groups excluding carboxylic acids is 4. The molecule has 0 aliphatic rings. The Kier molecular flexibility index (Phi) is 70.3. The van der Waals surface area contributed by atoms with Crippen LogP contribution < -0.4 is 0 Å². The van der Waals surface area contributed by atoms with Crippen molar-refractivity contribution in [2.75, 3.05) is 39.6 Å². The smallest absolute Gasteiger partial charge is 0.462 e. The van der Waals surface area contributed by atoms with Crippen molar-refractivity contribution in [2.45, 2.75) is 439 Å². The van der Waals surface area contributed by atoms with Gasteiger partial charge in [-0.3, -0.25) is 37.3 Å². The van der Waals surface area contributed by atoms with E-state index in [0.29, 0.717) is 25.7 Å². The van der Waals surface area contributed by atoms with Crippen LogP contribution in [0.4, 0.5) is 0 Å². The molecule has 0 aliphatic carbocycles. The number of ether oxygens (including phenoxy) is 4. The van der Waals surface area contributed by atoms with Gasteiger partial charge in [-0.05, 0) is 37.5 Å². The maximum atomic E-state index is 13.1. The van der Waals surface area contributed by atoms with Crippen molar-refractivity contribution in [3.63, 3.8) is 0 Å². The maximum Gasteiger partial charge on any atom is 0.472 e. The number of phosphoric acid groups is 2. The third-order valence-electron chi connectivity index (χ3n) is 18.7. The Morgan fingerprint density at radius 2 is 0.465 bits per heavy atom. The number of unbranched alkanes of at least 4 members (excludes halogenated alkanes) is 49. The Bertz CT molecular complexity index is 1910. The summed E-state index contributed by atoms with van der Waals surface area (Å²) in [6.45, 7) is 9.66. The van der Waals surface area contributed by atoms with E-state index in [4.69, 9.17) is 37.0 Å². The van der Waals surface area contributed by atoms with E-state index in [1.807, 2.05) is 0 Å². The first kappa shape index (κ1) is 97.1. The van der Waals surface area contributed by atoms with Crippen LogP contribution in [0.5, 0.6) is 0 Å². The van der Waals surface area contributed by atoms with Gasteiger partial charge in [-0.1, -0.05) is 369 Å². The summed E-state index contributed by atoms with van der Waals surface area (Å²) in [5.74, 6) is -0.548. The van der Waals surface area contributed by atoms with Crippen molar-refractivity contribution in [1.82, 2.24) is 0 Å². The molecule has 3 N–H and O–H groups in total. The second kappa shape index (κ2) is 71.7. The quantitative estimate of drug-likeness (QED) is 0.0222. The summed E-state index contributed by atoms with van der Waals surface area (Å²) in [5, 5.41) is 10.6. The Balaban J connectivity index is 5.27. The minimum atomic E-state index is -4.96. The Morgan fingerprint density at radius 1 is 0.273 bits per heavy atom. The zero-order valence-electron chi connectivity index (χ0n) is 64.8. The first-order chi connectivity index (χ1) is 47.9. The molecule has 0 radical (unpaired) electrons. The maximum absolute atomic E-state index is 13.1. The lowest BCUT2D eigenvalue weighted by Gasteiger charge is -2.21. The second-order valence-electron chi connectivity index (χ2n) is 29.8. The van der Waals surface area contributed by atoms with Gasteiger partial charge in [-0.25, -0.2) is 9.13 Å². The molecule has 5 atom stereocenters.